The summed E-state index contributed by atoms with van der Waals surface area (Å²) in [5.74, 6) is 0.470. The van der Waals surface area contributed by atoms with Gasteiger partial charge >= 0.3 is 0 Å². The van der Waals surface area contributed by atoms with Gasteiger partial charge in [0.2, 0.25) is 15.9 Å². The molecule has 1 aromatic rings. The molecule has 0 saturated heterocycles. The number of rotatable bonds is 6. The van der Waals surface area contributed by atoms with Crippen LogP contribution in [0.5, 0.6) is 5.75 Å². The van der Waals surface area contributed by atoms with Crippen molar-refractivity contribution in [1.82, 2.24) is 10.2 Å². The molecule has 0 spiro atoms. The third kappa shape index (κ3) is 5.82. The summed E-state index contributed by atoms with van der Waals surface area (Å²) >= 11 is 0. The van der Waals surface area contributed by atoms with Gasteiger partial charge in [0.15, 0.2) is 0 Å². The fourth-order valence-electron chi connectivity index (χ4n) is 3.15. The van der Waals surface area contributed by atoms with E-state index >= 15 is 0 Å². The van der Waals surface area contributed by atoms with Crippen molar-refractivity contribution in [1.29, 1.82) is 0 Å². The number of amides is 1. The van der Waals surface area contributed by atoms with E-state index in [4.69, 9.17) is 4.74 Å². The van der Waals surface area contributed by atoms with Crippen LogP contribution in [0.15, 0.2) is 18.2 Å². The predicted molar refractivity (Wildman–Crippen MR) is 104 cm³/mol. The summed E-state index contributed by atoms with van der Waals surface area (Å²) < 4.78 is 31.6. The maximum atomic E-state index is 12.9. The molecule has 1 heterocycles. The van der Waals surface area contributed by atoms with Crippen LogP contribution in [0.3, 0.4) is 0 Å². The number of fused-ring (bicyclic) bond motifs is 1. The first-order valence-corrected chi connectivity index (χ1v) is 10.9. The van der Waals surface area contributed by atoms with Crippen molar-refractivity contribution >= 4 is 21.6 Å². The van der Waals surface area contributed by atoms with Gasteiger partial charge in [-0.15, -0.1) is 0 Å². The fourth-order valence-corrected chi connectivity index (χ4v) is 3.71. The maximum Gasteiger partial charge on any atom is 0.229 e. The topological polar surface area (TPSA) is 108 Å². The Morgan fingerprint density at radius 3 is 2.70 bits per heavy atom. The van der Waals surface area contributed by atoms with Gasteiger partial charge in [0.1, 0.15) is 11.9 Å². The largest absolute Gasteiger partial charge is 0.488 e. The first kappa shape index (κ1) is 21.5. The number of hydrogen-bond acceptors (Lipinski definition) is 6. The lowest BCUT2D eigenvalue weighted by molar-refractivity contribution is -0.134. The summed E-state index contributed by atoms with van der Waals surface area (Å²) in [6.45, 7) is 4.75. The molecule has 0 bridgehead atoms. The number of anilines is 1. The highest BCUT2D eigenvalue weighted by molar-refractivity contribution is 7.92. The number of carbonyl (C=O) groups is 1. The molecule has 9 heteroatoms. The lowest BCUT2D eigenvalue weighted by Gasteiger charge is -2.32. The van der Waals surface area contributed by atoms with Crippen molar-refractivity contribution in [2.75, 3.05) is 37.7 Å². The summed E-state index contributed by atoms with van der Waals surface area (Å²) in [7, 11) is -1.59. The Morgan fingerprint density at radius 1 is 1.41 bits per heavy atom. The number of ether oxygens (including phenoxy) is 1. The molecule has 8 nitrogen and oxygen atoms in total. The number of sulfonamides is 1. The number of hydrogen-bond donors (Lipinski definition) is 3. The van der Waals surface area contributed by atoms with Gasteiger partial charge in [-0.2, -0.15) is 0 Å². The molecule has 0 unspecified atom stereocenters. The summed E-state index contributed by atoms with van der Waals surface area (Å²) in [5.41, 5.74) is 0.992. The van der Waals surface area contributed by atoms with Gasteiger partial charge in [-0.3, -0.25) is 9.52 Å². The molecule has 152 valence electrons. The molecule has 0 radical (unpaired) electrons. The van der Waals surface area contributed by atoms with Crippen LogP contribution in [-0.4, -0.2) is 69.5 Å². The van der Waals surface area contributed by atoms with Crippen LogP contribution in [0.25, 0.3) is 0 Å². The van der Waals surface area contributed by atoms with Crippen LogP contribution < -0.4 is 14.8 Å². The third-order valence-corrected chi connectivity index (χ3v) is 5.23. The van der Waals surface area contributed by atoms with Gasteiger partial charge in [0, 0.05) is 30.3 Å². The first-order valence-electron chi connectivity index (χ1n) is 8.97. The molecule has 27 heavy (non-hydrogen) atoms. The molecule has 1 aliphatic rings. The molecule has 1 amide bonds. The van der Waals surface area contributed by atoms with Gasteiger partial charge in [-0.05, 0) is 32.2 Å². The Balaban J connectivity index is 2.45. The van der Waals surface area contributed by atoms with E-state index in [2.05, 4.69) is 10.0 Å². The van der Waals surface area contributed by atoms with Crippen molar-refractivity contribution in [2.45, 2.75) is 32.4 Å². The molecular formula is C18H29N3O5S. The van der Waals surface area contributed by atoms with E-state index in [1.165, 1.54) is 0 Å². The summed E-state index contributed by atoms with van der Waals surface area (Å²) in [5, 5.41) is 12.7. The quantitative estimate of drug-likeness (QED) is 0.640. The average Bonchev–Trinajstić information content (AvgIpc) is 2.62. The standard InChI is InChI=1S/C18H29N3O5S/c1-12-10-21(13(2)11-22)18(23)8-14-7-15(20-27(4,24)25)5-6-16(14)26-17(12)9-19-3/h5-7,12-13,17,19-20,22H,8-11H2,1-4H3/t12-,13+,17+/m1/s1. The van der Waals surface area contributed by atoms with E-state index < -0.39 is 10.0 Å². The Morgan fingerprint density at radius 2 is 2.11 bits per heavy atom. The lowest BCUT2D eigenvalue weighted by Crippen LogP contribution is -2.47. The van der Waals surface area contributed by atoms with Crippen molar-refractivity contribution in [3.05, 3.63) is 23.8 Å². The average molecular weight is 400 g/mol. The molecule has 2 rings (SSSR count). The van der Waals surface area contributed by atoms with Crippen molar-refractivity contribution in [3.8, 4) is 5.75 Å². The van der Waals surface area contributed by atoms with Gasteiger partial charge in [0.05, 0.1) is 25.3 Å². The smallest absolute Gasteiger partial charge is 0.229 e. The number of benzene rings is 1. The number of carbonyl (C=O) groups excluding carboxylic acids is 1. The van der Waals surface area contributed by atoms with Crippen LogP contribution in [0.2, 0.25) is 0 Å². The zero-order valence-corrected chi connectivity index (χ0v) is 17.0. The van der Waals surface area contributed by atoms with E-state index in [1.54, 1.807) is 30.0 Å². The molecule has 0 fully saturated rings. The lowest BCUT2D eigenvalue weighted by atomic mass is 10.0. The molecule has 0 aliphatic carbocycles. The number of aliphatic hydroxyl groups excluding tert-OH is 1. The second kappa shape index (κ2) is 8.90. The minimum Gasteiger partial charge on any atom is -0.488 e. The van der Waals surface area contributed by atoms with E-state index in [0.29, 0.717) is 30.1 Å². The zero-order chi connectivity index (χ0) is 20.2. The van der Waals surface area contributed by atoms with Crippen molar-refractivity contribution in [2.24, 2.45) is 5.92 Å². The molecule has 1 aliphatic heterocycles. The van der Waals surface area contributed by atoms with Crippen LogP contribution in [0.1, 0.15) is 19.4 Å². The minimum atomic E-state index is -3.43. The molecule has 3 N–H and O–H groups in total. The Kier molecular flexibility index (Phi) is 7.07. The normalized spacial score (nSPS) is 22.1. The fraction of sp³-hybridized carbons (Fsp3) is 0.611. The summed E-state index contributed by atoms with van der Waals surface area (Å²) in [4.78, 5) is 14.6. The van der Waals surface area contributed by atoms with E-state index in [9.17, 15) is 18.3 Å². The van der Waals surface area contributed by atoms with Crippen molar-refractivity contribution < 1.29 is 23.1 Å². The molecule has 0 saturated carbocycles. The molecule has 1 aromatic carbocycles. The second-order valence-corrected chi connectivity index (χ2v) is 8.89. The van der Waals surface area contributed by atoms with E-state index in [1.807, 2.05) is 14.0 Å². The first-order chi connectivity index (χ1) is 12.6. The van der Waals surface area contributed by atoms with Crippen LogP contribution in [0.4, 0.5) is 5.69 Å². The zero-order valence-electron chi connectivity index (χ0n) is 16.2. The second-order valence-electron chi connectivity index (χ2n) is 7.14. The highest BCUT2D eigenvalue weighted by Gasteiger charge is 2.30. The van der Waals surface area contributed by atoms with Crippen molar-refractivity contribution in [3.63, 3.8) is 0 Å². The minimum absolute atomic E-state index is 0.0372. The maximum absolute atomic E-state index is 12.9. The highest BCUT2D eigenvalue weighted by atomic mass is 32.2. The number of likely N-dealkylation sites (N-methyl/N-ethyl adjacent to an activating group) is 1. The Bertz CT molecular complexity index is 768. The van der Waals surface area contributed by atoms with Gasteiger partial charge in [-0.1, -0.05) is 6.92 Å². The number of aliphatic hydroxyl groups is 1. The van der Waals surface area contributed by atoms with E-state index in [-0.39, 0.29) is 37.0 Å². The molecular weight excluding hydrogens is 370 g/mol. The highest BCUT2D eigenvalue weighted by Crippen LogP contribution is 2.29. The summed E-state index contributed by atoms with van der Waals surface area (Å²) in [6, 6.07) is 4.63. The number of nitrogens with zero attached hydrogens (tertiary/aromatic N) is 1. The number of nitrogens with one attached hydrogen (secondary N) is 2. The SMILES string of the molecule is CNC[C@@H]1Oc2ccc(NS(C)(=O)=O)cc2CC(=O)N([C@@H](C)CO)C[C@H]1C. The van der Waals surface area contributed by atoms with Crippen LogP contribution in [0, 0.1) is 5.92 Å². The Labute approximate surface area is 160 Å². The van der Waals surface area contributed by atoms with Gasteiger partial charge in [-0.25, -0.2) is 8.42 Å². The molecule has 3 atom stereocenters. The monoisotopic (exact) mass is 399 g/mol. The Hall–Kier alpha value is -1.84. The van der Waals surface area contributed by atoms with E-state index in [0.717, 1.165) is 6.26 Å². The van der Waals surface area contributed by atoms with Crippen LogP contribution >= 0.6 is 0 Å². The van der Waals surface area contributed by atoms with Gasteiger partial charge in [0.25, 0.3) is 0 Å². The predicted octanol–water partition coefficient (Wildman–Crippen LogP) is 0.427. The molecule has 0 aromatic heterocycles. The third-order valence-electron chi connectivity index (χ3n) is 4.63. The summed E-state index contributed by atoms with van der Waals surface area (Å²) in [6.07, 6.45) is 0.964. The van der Waals surface area contributed by atoms with Gasteiger partial charge < -0.3 is 20.1 Å². The van der Waals surface area contributed by atoms with Crippen LogP contribution in [-0.2, 0) is 21.2 Å².